The molecule has 0 aromatic heterocycles. The molecule has 0 bridgehead atoms. The molecular weight excluding hydrogens is 372 g/mol. The zero-order valence-corrected chi connectivity index (χ0v) is 17.8. The van der Waals surface area contributed by atoms with Gasteiger partial charge in [-0.1, -0.05) is 52.0 Å². The molecule has 0 N–H and O–H groups in total. The molecule has 1 aliphatic heterocycles. The Hall–Kier alpha value is -2.66. The average molecular weight is 397 g/mol. The maximum Gasteiger partial charge on any atom is 0.351 e. The Balaban J connectivity index is 2.59. The number of esters is 2. The van der Waals surface area contributed by atoms with Crippen LogP contribution in [0.25, 0.3) is 5.57 Å². The predicted molar refractivity (Wildman–Crippen MR) is 113 cm³/mol. The van der Waals surface area contributed by atoms with E-state index < -0.39 is 22.4 Å². The molecule has 2 aromatic carbocycles. The van der Waals surface area contributed by atoms with Crippen LogP contribution in [0.5, 0.6) is 0 Å². The summed E-state index contributed by atoms with van der Waals surface area (Å²) in [7, 11) is 1.66. The van der Waals surface area contributed by atoms with Gasteiger partial charge in [-0.05, 0) is 56.0 Å². The third-order valence-corrected chi connectivity index (χ3v) is 7.20. The molecule has 0 radical (unpaired) electrons. The van der Waals surface area contributed by atoms with Crippen molar-refractivity contribution >= 4 is 32.9 Å². The standard InChI is InChI=1S/C23H24O4S/c1-13(2)19-16-9-7-8-10-18(16)28(21(22(24)26-5)23(25)27-6)20-15(4)11-14(3)12-17(19)20/h7-12H,1-6H3. The molecule has 146 valence electrons. The van der Waals surface area contributed by atoms with Crippen LogP contribution < -0.4 is 0 Å². The van der Waals surface area contributed by atoms with Crippen molar-refractivity contribution in [2.75, 3.05) is 14.2 Å². The summed E-state index contributed by atoms with van der Waals surface area (Å²) < 4.78 is 9.95. The number of fused-ring (bicyclic) bond motifs is 2. The van der Waals surface area contributed by atoms with Crippen LogP contribution in [0.15, 0.2) is 51.8 Å². The molecule has 0 saturated heterocycles. The van der Waals surface area contributed by atoms with E-state index >= 15 is 0 Å². The third-order valence-electron chi connectivity index (χ3n) is 4.71. The third kappa shape index (κ3) is 3.20. The minimum atomic E-state index is -0.916. The fourth-order valence-electron chi connectivity index (χ4n) is 3.70. The van der Waals surface area contributed by atoms with Crippen LogP contribution in [-0.2, 0) is 19.1 Å². The molecule has 3 rings (SSSR count). The number of benzene rings is 2. The number of methoxy groups -OCH3 is 2. The van der Waals surface area contributed by atoms with Crippen LogP contribution in [0.3, 0.4) is 0 Å². The monoisotopic (exact) mass is 396 g/mol. The molecule has 1 heterocycles. The van der Waals surface area contributed by atoms with Gasteiger partial charge in [0, 0.05) is 9.79 Å². The molecule has 2 aromatic rings. The maximum atomic E-state index is 12.7. The first kappa shape index (κ1) is 20.1. The van der Waals surface area contributed by atoms with E-state index in [1.807, 2.05) is 31.2 Å². The molecular formula is C23H24O4S. The van der Waals surface area contributed by atoms with Gasteiger partial charge in [-0.2, -0.15) is 0 Å². The summed E-state index contributed by atoms with van der Waals surface area (Å²) in [6.45, 7) is 8.25. The molecule has 28 heavy (non-hydrogen) atoms. The van der Waals surface area contributed by atoms with E-state index in [1.165, 1.54) is 19.8 Å². The molecule has 0 spiro atoms. The first-order valence-electron chi connectivity index (χ1n) is 8.98. The van der Waals surface area contributed by atoms with Gasteiger partial charge in [-0.3, -0.25) is 0 Å². The van der Waals surface area contributed by atoms with Crippen molar-refractivity contribution in [3.05, 3.63) is 64.2 Å². The lowest BCUT2D eigenvalue weighted by molar-refractivity contribution is -0.137. The van der Waals surface area contributed by atoms with Gasteiger partial charge < -0.3 is 9.47 Å². The summed E-state index contributed by atoms with van der Waals surface area (Å²) in [5, 5.41) is 0. The number of carbonyl (C=O) groups excluding carboxylic acids is 2. The molecule has 1 aliphatic rings. The Morgan fingerprint density at radius 3 is 2.07 bits per heavy atom. The van der Waals surface area contributed by atoms with Crippen LogP contribution in [0.1, 0.15) is 36.1 Å². The Kier molecular flexibility index (Phi) is 5.57. The second-order valence-electron chi connectivity index (χ2n) is 6.95. The van der Waals surface area contributed by atoms with Gasteiger partial charge in [0.05, 0.1) is 14.2 Å². The Morgan fingerprint density at radius 2 is 1.50 bits per heavy atom. The second-order valence-corrected chi connectivity index (χ2v) is 8.82. The Bertz CT molecular complexity index is 1040. The van der Waals surface area contributed by atoms with Crippen molar-refractivity contribution in [1.82, 2.24) is 0 Å². The molecule has 4 nitrogen and oxygen atoms in total. The summed E-state index contributed by atoms with van der Waals surface area (Å²) >= 11 is 0. The number of hydrogen-bond donors (Lipinski definition) is 0. The van der Waals surface area contributed by atoms with E-state index in [0.717, 1.165) is 37.6 Å². The number of rotatable bonds is 2. The SMILES string of the molecule is COC(=O)C(C(=O)OC)=S1c2ccccc2C(=C(C)C)c2cc(C)cc(C)c21. The quantitative estimate of drug-likeness (QED) is 0.359. The van der Waals surface area contributed by atoms with Crippen molar-refractivity contribution in [2.24, 2.45) is 0 Å². The number of carbonyl (C=O) groups is 2. The van der Waals surface area contributed by atoms with Gasteiger partial charge in [0.1, 0.15) is 0 Å². The van der Waals surface area contributed by atoms with Gasteiger partial charge in [0.15, 0.2) is 4.86 Å². The summed E-state index contributed by atoms with van der Waals surface area (Å²) in [5.41, 5.74) is 6.60. The Morgan fingerprint density at radius 1 is 0.893 bits per heavy atom. The van der Waals surface area contributed by atoms with Crippen molar-refractivity contribution < 1.29 is 19.1 Å². The highest BCUT2D eigenvalue weighted by Gasteiger charge is 2.33. The van der Waals surface area contributed by atoms with E-state index in [2.05, 4.69) is 32.9 Å². The van der Waals surface area contributed by atoms with Crippen LogP contribution >= 0.6 is 10.5 Å². The summed E-state index contributed by atoms with van der Waals surface area (Å²) in [4.78, 5) is 27.3. The highest BCUT2D eigenvalue weighted by molar-refractivity contribution is 8.18. The summed E-state index contributed by atoms with van der Waals surface area (Å²) in [6, 6.07) is 12.2. The van der Waals surface area contributed by atoms with Crippen LogP contribution in [-0.4, -0.2) is 31.0 Å². The van der Waals surface area contributed by atoms with E-state index in [4.69, 9.17) is 9.47 Å². The zero-order chi connectivity index (χ0) is 20.6. The van der Waals surface area contributed by atoms with Crippen LogP contribution in [0.2, 0.25) is 0 Å². The smallest absolute Gasteiger partial charge is 0.351 e. The average Bonchev–Trinajstić information content (AvgIpc) is 2.66. The molecule has 0 amide bonds. The lowest BCUT2D eigenvalue weighted by Gasteiger charge is -2.30. The molecule has 0 fully saturated rings. The van der Waals surface area contributed by atoms with Crippen LogP contribution in [0.4, 0.5) is 0 Å². The largest absolute Gasteiger partial charge is 0.465 e. The summed E-state index contributed by atoms with van der Waals surface area (Å²) in [5.74, 6) is -1.31. The van der Waals surface area contributed by atoms with E-state index in [9.17, 15) is 9.59 Å². The topological polar surface area (TPSA) is 52.6 Å². The molecule has 1 atom stereocenters. The molecule has 0 saturated carbocycles. The number of hydrogen-bond acceptors (Lipinski definition) is 4. The highest BCUT2D eigenvalue weighted by atomic mass is 32.2. The maximum absolute atomic E-state index is 12.7. The normalized spacial score (nSPS) is 14.6. The first-order chi connectivity index (χ1) is 13.3. The minimum Gasteiger partial charge on any atom is -0.465 e. The lowest BCUT2D eigenvalue weighted by Crippen LogP contribution is -2.28. The second kappa shape index (κ2) is 7.76. The van der Waals surface area contributed by atoms with Gasteiger partial charge in [0.2, 0.25) is 0 Å². The van der Waals surface area contributed by atoms with Gasteiger partial charge in [-0.15, -0.1) is 0 Å². The minimum absolute atomic E-state index is 0.0264. The van der Waals surface area contributed by atoms with Crippen molar-refractivity contribution in [2.45, 2.75) is 37.5 Å². The van der Waals surface area contributed by atoms with E-state index in [0.29, 0.717) is 0 Å². The number of ether oxygens (including phenoxy) is 2. The Labute approximate surface area is 168 Å². The van der Waals surface area contributed by atoms with Crippen molar-refractivity contribution in [3.8, 4) is 0 Å². The predicted octanol–water partition coefficient (Wildman–Crippen LogP) is 4.66. The summed E-state index contributed by atoms with van der Waals surface area (Å²) in [6.07, 6.45) is 0. The van der Waals surface area contributed by atoms with Crippen molar-refractivity contribution in [1.29, 1.82) is 0 Å². The van der Waals surface area contributed by atoms with Crippen molar-refractivity contribution in [3.63, 3.8) is 0 Å². The van der Waals surface area contributed by atoms with Gasteiger partial charge in [-0.25, -0.2) is 9.59 Å². The lowest BCUT2D eigenvalue weighted by atomic mass is 9.91. The molecule has 5 heteroatoms. The first-order valence-corrected chi connectivity index (χ1v) is 10.2. The van der Waals surface area contributed by atoms with Gasteiger partial charge in [0.25, 0.3) is 0 Å². The fourth-order valence-corrected chi connectivity index (χ4v) is 6.21. The zero-order valence-electron chi connectivity index (χ0n) is 17.0. The highest BCUT2D eigenvalue weighted by Crippen LogP contribution is 2.53. The van der Waals surface area contributed by atoms with E-state index in [1.54, 1.807) is 0 Å². The molecule has 0 aliphatic carbocycles. The fraction of sp³-hybridized carbons (Fsp3) is 0.261. The molecule has 1 unspecified atom stereocenters. The van der Waals surface area contributed by atoms with Gasteiger partial charge >= 0.3 is 11.9 Å². The number of aryl methyl sites for hydroxylation is 2. The number of allylic oxidation sites excluding steroid dienone is 1. The van der Waals surface area contributed by atoms with Crippen LogP contribution in [0, 0.1) is 13.8 Å². The van der Waals surface area contributed by atoms with E-state index in [-0.39, 0.29) is 4.86 Å².